The maximum atomic E-state index is 13.3. The zero-order chi connectivity index (χ0) is 26.4. The molecule has 1 aromatic carbocycles. The number of piperidine rings is 1. The Morgan fingerprint density at radius 2 is 1.87 bits per heavy atom. The first kappa shape index (κ1) is 24.7. The van der Waals surface area contributed by atoms with Crippen molar-refractivity contribution in [3.8, 4) is 5.69 Å². The van der Waals surface area contributed by atoms with E-state index >= 15 is 0 Å². The zero-order valence-electron chi connectivity index (χ0n) is 21.0. The Morgan fingerprint density at radius 3 is 2.55 bits per heavy atom. The fraction of sp³-hybridized carbons (Fsp3) is 0.370. The van der Waals surface area contributed by atoms with Gasteiger partial charge in [-0.1, -0.05) is 17.7 Å². The molecule has 0 atom stereocenters. The Bertz CT molecular complexity index is 1520. The summed E-state index contributed by atoms with van der Waals surface area (Å²) in [6.07, 6.45) is 8.36. The minimum absolute atomic E-state index is 0.133. The zero-order valence-corrected chi connectivity index (χ0v) is 22.6. The molecule has 2 N–H and O–H groups in total. The number of halogens is 1. The lowest BCUT2D eigenvalue weighted by atomic mass is 9.78. The molecule has 1 aliphatic carbocycles. The predicted octanol–water partition coefficient (Wildman–Crippen LogP) is 3.86. The highest BCUT2D eigenvalue weighted by atomic mass is 79.9. The Balaban J connectivity index is 1.26. The highest BCUT2D eigenvalue weighted by Gasteiger charge is 2.45. The SMILES string of the molecule is Cc1ccc(-n2nc(C3CCN(C(=O)C4(O)CCC4)CC3)cc2NC(=O)c2cnn3cc(Br)cnc23)cc1. The fourth-order valence-corrected chi connectivity index (χ4v) is 5.46. The summed E-state index contributed by atoms with van der Waals surface area (Å²) in [5, 5.41) is 22.6. The van der Waals surface area contributed by atoms with Crippen molar-refractivity contribution >= 4 is 39.2 Å². The van der Waals surface area contributed by atoms with Crippen LogP contribution in [0.15, 0.2) is 53.4 Å². The third-order valence-electron chi connectivity index (χ3n) is 7.60. The molecule has 2 fully saturated rings. The van der Waals surface area contributed by atoms with Crippen molar-refractivity contribution in [3.63, 3.8) is 0 Å². The highest BCUT2D eigenvalue weighted by molar-refractivity contribution is 9.10. The molecule has 10 nitrogen and oxygen atoms in total. The number of rotatable bonds is 5. The number of aliphatic hydroxyl groups is 1. The molecule has 0 unspecified atom stereocenters. The van der Waals surface area contributed by atoms with E-state index in [0.717, 1.165) is 40.7 Å². The van der Waals surface area contributed by atoms with E-state index in [1.165, 1.54) is 6.20 Å². The van der Waals surface area contributed by atoms with Gasteiger partial charge in [-0.15, -0.1) is 0 Å². The average molecular weight is 578 g/mol. The van der Waals surface area contributed by atoms with Gasteiger partial charge in [-0.25, -0.2) is 14.2 Å². The number of hydrogen-bond acceptors (Lipinski definition) is 6. The van der Waals surface area contributed by atoms with E-state index in [1.54, 1.807) is 26.5 Å². The van der Waals surface area contributed by atoms with E-state index in [1.807, 2.05) is 37.3 Å². The standard InChI is InChI=1S/C27H28BrN7O3/c1-17-3-5-20(6-4-17)35-23(31-25(36)21-15-30-34-16-19(28)14-29-24(21)34)13-22(32-35)18-7-11-33(12-8-18)26(37)27(38)9-2-10-27/h3-6,13-16,18,38H,2,7-12H2,1H3,(H,31,36). The quantitative estimate of drug-likeness (QED) is 0.372. The molecule has 1 saturated heterocycles. The summed E-state index contributed by atoms with van der Waals surface area (Å²) < 4.78 is 4.06. The first-order valence-electron chi connectivity index (χ1n) is 12.8. The van der Waals surface area contributed by atoms with Crippen LogP contribution in [0, 0.1) is 6.92 Å². The van der Waals surface area contributed by atoms with E-state index in [4.69, 9.17) is 5.10 Å². The van der Waals surface area contributed by atoms with Gasteiger partial charge in [0.2, 0.25) is 0 Å². The van der Waals surface area contributed by atoms with Crippen LogP contribution in [0.1, 0.15) is 59.6 Å². The van der Waals surface area contributed by atoms with Crippen LogP contribution in [0.2, 0.25) is 0 Å². The van der Waals surface area contributed by atoms with E-state index in [0.29, 0.717) is 43.0 Å². The van der Waals surface area contributed by atoms with Gasteiger partial charge in [0.25, 0.3) is 11.8 Å². The van der Waals surface area contributed by atoms with Crippen molar-refractivity contribution in [1.82, 2.24) is 29.3 Å². The summed E-state index contributed by atoms with van der Waals surface area (Å²) in [5.74, 6) is 0.208. The molecule has 11 heteroatoms. The number of hydrogen-bond donors (Lipinski definition) is 2. The monoisotopic (exact) mass is 577 g/mol. The second kappa shape index (κ2) is 9.63. The van der Waals surface area contributed by atoms with E-state index in [-0.39, 0.29) is 17.7 Å². The van der Waals surface area contributed by atoms with Crippen molar-refractivity contribution in [2.75, 3.05) is 18.4 Å². The van der Waals surface area contributed by atoms with E-state index in [2.05, 4.69) is 31.3 Å². The summed E-state index contributed by atoms with van der Waals surface area (Å²) in [6, 6.07) is 9.86. The highest BCUT2D eigenvalue weighted by Crippen LogP contribution is 2.36. The maximum Gasteiger partial charge on any atom is 0.262 e. The molecule has 3 aromatic heterocycles. The Labute approximate surface area is 227 Å². The van der Waals surface area contributed by atoms with Gasteiger partial charge < -0.3 is 15.3 Å². The second-order valence-corrected chi connectivity index (χ2v) is 11.1. The van der Waals surface area contributed by atoms with Crippen LogP contribution in [0.4, 0.5) is 5.82 Å². The van der Waals surface area contributed by atoms with Gasteiger partial charge in [0.15, 0.2) is 5.65 Å². The molecule has 1 saturated carbocycles. The van der Waals surface area contributed by atoms with E-state index < -0.39 is 5.60 Å². The summed E-state index contributed by atoms with van der Waals surface area (Å²) >= 11 is 3.37. The van der Waals surface area contributed by atoms with Crippen LogP contribution in [-0.2, 0) is 4.79 Å². The first-order valence-corrected chi connectivity index (χ1v) is 13.6. The predicted molar refractivity (Wildman–Crippen MR) is 144 cm³/mol. The summed E-state index contributed by atoms with van der Waals surface area (Å²) in [4.78, 5) is 32.2. The lowest BCUT2D eigenvalue weighted by molar-refractivity contribution is -0.161. The normalized spacial score (nSPS) is 17.4. The van der Waals surface area contributed by atoms with Crippen molar-refractivity contribution in [2.24, 2.45) is 0 Å². The molecule has 1 aliphatic heterocycles. The number of carbonyl (C=O) groups excluding carboxylic acids is 2. The molecule has 4 aromatic rings. The molecule has 38 heavy (non-hydrogen) atoms. The molecule has 196 valence electrons. The average Bonchev–Trinajstić information content (AvgIpc) is 3.51. The van der Waals surface area contributed by atoms with Crippen LogP contribution in [0.5, 0.6) is 0 Å². The number of nitrogens with zero attached hydrogens (tertiary/aromatic N) is 6. The van der Waals surface area contributed by atoms with Gasteiger partial charge in [0.1, 0.15) is 17.0 Å². The van der Waals surface area contributed by atoms with Gasteiger partial charge in [-0.3, -0.25) is 9.59 Å². The Morgan fingerprint density at radius 1 is 1.13 bits per heavy atom. The van der Waals surface area contributed by atoms with Crippen molar-refractivity contribution < 1.29 is 14.7 Å². The molecule has 6 rings (SSSR count). The molecule has 2 amide bonds. The number of amides is 2. The molecular weight excluding hydrogens is 550 g/mol. The van der Waals surface area contributed by atoms with Crippen molar-refractivity contribution in [1.29, 1.82) is 0 Å². The number of aryl methyl sites for hydroxylation is 1. The lowest BCUT2D eigenvalue weighted by Gasteiger charge is -2.41. The number of benzene rings is 1. The lowest BCUT2D eigenvalue weighted by Crippen LogP contribution is -2.54. The molecule has 0 bridgehead atoms. The van der Waals surface area contributed by atoms with Crippen LogP contribution < -0.4 is 5.32 Å². The molecule has 0 spiro atoms. The second-order valence-electron chi connectivity index (χ2n) is 10.2. The third-order valence-corrected chi connectivity index (χ3v) is 8.01. The topological polar surface area (TPSA) is 118 Å². The van der Waals surface area contributed by atoms with Crippen LogP contribution in [0.25, 0.3) is 11.3 Å². The van der Waals surface area contributed by atoms with E-state index in [9.17, 15) is 14.7 Å². The third kappa shape index (κ3) is 4.49. The number of anilines is 1. The van der Waals surface area contributed by atoms with Crippen molar-refractivity contribution in [2.45, 2.75) is 50.5 Å². The van der Waals surface area contributed by atoms with Crippen LogP contribution in [-0.4, -0.2) is 64.9 Å². The summed E-state index contributed by atoms with van der Waals surface area (Å²) in [6.45, 7) is 3.18. The minimum atomic E-state index is -1.17. The largest absolute Gasteiger partial charge is 0.380 e. The summed E-state index contributed by atoms with van der Waals surface area (Å²) in [5.41, 5.74) is 2.46. The minimum Gasteiger partial charge on any atom is -0.380 e. The van der Waals surface area contributed by atoms with Crippen LogP contribution >= 0.6 is 15.9 Å². The maximum absolute atomic E-state index is 13.3. The molecule has 0 radical (unpaired) electrons. The molecule has 4 heterocycles. The van der Waals surface area contributed by atoms with Crippen molar-refractivity contribution in [3.05, 3.63) is 70.2 Å². The number of carbonyl (C=O) groups is 2. The number of fused-ring (bicyclic) bond motifs is 1. The molecular formula is C27H28BrN7O3. The van der Waals surface area contributed by atoms with Gasteiger partial charge >= 0.3 is 0 Å². The number of nitrogens with one attached hydrogen (secondary N) is 1. The Kier molecular flexibility index (Phi) is 6.27. The van der Waals surface area contributed by atoms with Gasteiger partial charge in [-0.05, 0) is 67.1 Å². The fourth-order valence-electron chi connectivity index (χ4n) is 5.16. The van der Waals surface area contributed by atoms with Gasteiger partial charge in [-0.2, -0.15) is 10.2 Å². The van der Waals surface area contributed by atoms with Gasteiger partial charge in [0.05, 0.1) is 22.1 Å². The number of likely N-dealkylation sites (tertiary alicyclic amines) is 1. The Hall–Kier alpha value is -3.57. The number of aromatic nitrogens is 5. The smallest absolute Gasteiger partial charge is 0.262 e. The van der Waals surface area contributed by atoms with Crippen LogP contribution in [0.3, 0.4) is 0 Å². The summed E-state index contributed by atoms with van der Waals surface area (Å²) in [7, 11) is 0. The van der Waals surface area contributed by atoms with Gasteiger partial charge in [0, 0.05) is 37.5 Å². The first-order chi connectivity index (χ1) is 18.3. The molecule has 2 aliphatic rings.